The van der Waals surface area contributed by atoms with Crippen molar-refractivity contribution in [3.05, 3.63) is 158 Å². The predicted molar refractivity (Wildman–Crippen MR) is 436 cm³/mol. The molecule has 0 rings (SSSR count). The Kier molecular flexibility index (Phi) is 73.9. The fourth-order valence-electron chi connectivity index (χ4n) is 10.4. The third-order valence-electron chi connectivity index (χ3n) is 16.5. The molecule has 0 heterocycles. The summed E-state index contributed by atoms with van der Waals surface area (Å²) in [5.41, 5.74) is 0. The van der Waals surface area contributed by atoms with Crippen LogP contribution >= 0.6 is 15.6 Å². The Morgan fingerprint density at radius 1 is 0.274 bits per heavy atom. The van der Waals surface area contributed by atoms with E-state index in [9.17, 15) is 43.2 Å². The Morgan fingerprint density at radius 3 is 0.764 bits per heavy atom. The number of esters is 4. The fourth-order valence-corrected chi connectivity index (χ4v) is 12.0. The molecule has 0 fully saturated rings. The maximum Gasteiger partial charge on any atom is 0.472 e. The molecule has 17 nitrogen and oxygen atoms in total. The van der Waals surface area contributed by atoms with E-state index in [1.54, 1.807) is 0 Å². The summed E-state index contributed by atoms with van der Waals surface area (Å²) in [6.07, 6.45) is 90.7. The highest BCUT2D eigenvalue weighted by molar-refractivity contribution is 7.47. The molecule has 0 aromatic heterocycles. The molecule has 0 spiro atoms. The van der Waals surface area contributed by atoms with Crippen LogP contribution in [0.4, 0.5) is 0 Å². The van der Waals surface area contributed by atoms with Gasteiger partial charge in [-0.25, -0.2) is 9.13 Å². The molecule has 0 aromatic carbocycles. The molecule has 0 aliphatic heterocycles. The van der Waals surface area contributed by atoms with Crippen molar-refractivity contribution in [2.75, 3.05) is 39.6 Å². The van der Waals surface area contributed by atoms with Crippen LogP contribution in [0, 0.1) is 0 Å². The highest BCUT2D eigenvalue weighted by Crippen LogP contribution is 2.45. The van der Waals surface area contributed by atoms with Gasteiger partial charge in [-0.1, -0.05) is 295 Å². The number of aliphatic hydroxyl groups excluding tert-OH is 1. The number of phosphoric ester groups is 2. The zero-order valence-corrected chi connectivity index (χ0v) is 67.8. The second-order valence-corrected chi connectivity index (χ2v) is 29.5. The van der Waals surface area contributed by atoms with Crippen LogP contribution in [0.1, 0.15) is 310 Å². The molecular formula is C87H144O17P2. The van der Waals surface area contributed by atoms with Crippen molar-refractivity contribution in [3.8, 4) is 0 Å². The van der Waals surface area contributed by atoms with Crippen LogP contribution in [0.5, 0.6) is 0 Å². The van der Waals surface area contributed by atoms with E-state index in [0.717, 1.165) is 180 Å². The lowest BCUT2D eigenvalue weighted by Gasteiger charge is -2.21. The van der Waals surface area contributed by atoms with Crippen molar-refractivity contribution in [2.45, 2.75) is 329 Å². The summed E-state index contributed by atoms with van der Waals surface area (Å²) < 4.78 is 68.6. The minimum absolute atomic E-state index is 0.0625. The number of hydrogen-bond donors (Lipinski definition) is 3. The van der Waals surface area contributed by atoms with E-state index in [0.29, 0.717) is 25.7 Å². The van der Waals surface area contributed by atoms with E-state index in [4.69, 9.17) is 37.0 Å². The van der Waals surface area contributed by atoms with Gasteiger partial charge in [-0.3, -0.25) is 37.3 Å². The van der Waals surface area contributed by atoms with Crippen molar-refractivity contribution in [2.24, 2.45) is 0 Å². The van der Waals surface area contributed by atoms with Crippen LogP contribution in [-0.4, -0.2) is 96.7 Å². The Hall–Kier alpha value is -5.32. The molecule has 106 heavy (non-hydrogen) atoms. The fraction of sp³-hybridized carbons (Fsp3) is 0.655. The van der Waals surface area contributed by atoms with E-state index in [2.05, 4.69) is 186 Å². The molecule has 0 saturated carbocycles. The van der Waals surface area contributed by atoms with Crippen molar-refractivity contribution in [3.63, 3.8) is 0 Å². The molecular weight excluding hydrogens is 1380 g/mol. The number of ether oxygens (including phenoxy) is 4. The van der Waals surface area contributed by atoms with Gasteiger partial charge < -0.3 is 33.8 Å². The summed E-state index contributed by atoms with van der Waals surface area (Å²) in [5.74, 6) is -2.27. The van der Waals surface area contributed by atoms with E-state index < -0.39 is 97.5 Å². The van der Waals surface area contributed by atoms with E-state index in [1.165, 1.54) is 51.4 Å². The molecule has 604 valence electrons. The van der Waals surface area contributed by atoms with Gasteiger partial charge in [-0.2, -0.15) is 0 Å². The summed E-state index contributed by atoms with van der Waals surface area (Å²) in [4.78, 5) is 73.1. The third kappa shape index (κ3) is 76.9. The second-order valence-electron chi connectivity index (χ2n) is 26.6. The molecule has 3 N–H and O–H groups in total. The molecule has 0 saturated heterocycles. The SMILES string of the molecule is CC/C=C\C/C=C\C/C=C\C/C=C\C/C=C\CCCCCC(=O)OCC(COP(=O)(O)OCC(O)COP(=O)(O)OCC(COC(=O)CCCCC/C=C\C/C=C\C/C=C\C/C=C\C/C=C\CC)OC(=O)CCCCCCCCCCCCCCC)OC(=O)CCCCCCC/C=C\C/C=C\C/C=C\CC. The van der Waals surface area contributed by atoms with Gasteiger partial charge in [0, 0.05) is 25.7 Å². The molecule has 0 aliphatic rings. The summed E-state index contributed by atoms with van der Waals surface area (Å²) in [7, 11) is -9.99. The lowest BCUT2D eigenvalue weighted by atomic mass is 10.0. The van der Waals surface area contributed by atoms with E-state index in [-0.39, 0.29) is 25.7 Å². The van der Waals surface area contributed by atoms with Gasteiger partial charge in [0.1, 0.15) is 19.3 Å². The van der Waals surface area contributed by atoms with Crippen LogP contribution in [-0.2, 0) is 65.4 Å². The molecule has 0 amide bonds. The molecule has 5 atom stereocenters. The van der Waals surface area contributed by atoms with Gasteiger partial charge in [-0.05, 0) is 148 Å². The van der Waals surface area contributed by atoms with Gasteiger partial charge in [-0.15, -0.1) is 0 Å². The zero-order chi connectivity index (χ0) is 77.4. The van der Waals surface area contributed by atoms with Gasteiger partial charge in [0.2, 0.25) is 0 Å². The monoisotopic (exact) mass is 1520 g/mol. The van der Waals surface area contributed by atoms with Crippen molar-refractivity contribution in [1.29, 1.82) is 0 Å². The largest absolute Gasteiger partial charge is 0.472 e. The number of rotatable bonds is 75. The number of aliphatic hydroxyl groups is 1. The Morgan fingerprint density at radius 2 is 0.491 bits per heavy atom. The van der Waals surface area contributed by atoms with E-state index in [1.807, 2.05) is 0 Å². The number of allylic oxidation sites excluding steroid dienone is 26. The quantitative estimate of drug-likeness (QED) is 0.0169. The maximum absolute atomic E-state index is 13.1. The van der Waals surface area contributed by atoms with Crippen molar-refractivity contribution >= 4 is 39.5 Å². The van der Waals surface area contributed by atoms with Gasteiger partial charge >= 0.3 is 39.5 Å². The number of carbonyl (C=O) groups excluding carboxylic acids is 4. The number of unbranched alkanes of at least 4 members (excludes halogenated alkanes) is 23. The molecule has 0 bridgehead atoms. The average Bonchev–Trinajstić information content (AvgIpc) is 0.933. The normalized spacial score (nSPS) is 14.7. The van der Waals surface area contributed by atoms with E-state index >= 15 is 0 Å². The topological polar surface area (TPSA) is 237 Å². The third-order valence-corrected chi connectivity index (χ3v) is 18.4. The van der Waals surface area contributed by atoms with Crippen molar-refractivity contribution < 1.29 is 80.2 Å². The second kappa shape index (κ2) is 77.8. The first-order chi connectivity index (χ1) is 51.7. The first-order valence-corrected chi connectivity index (χ1v) is 43.7. The first-order valence-electron chi connectivity index (χ1n) is 40.7. The molecule has 0 aliphatic carbocycles. The van der Waals surface area contributed by atoms with Crippen LogP contribution in [0.3, 0.4) is 0 Å². The highest BCUT2D eigenvalue weighted by atomic mass is 31.2. The molecule has 19 heteroatoms. The van der Waals surface area contributed by atoms with Gasteiger partial charge in [0.15, 0.2) is 12.2 Å². The molecule has 0 radical (unpaired) electrons. The predicted octanol–water partition coefficient (Wildman–Crippen LogP) is 24.0. The highest BCUT2D eigenvalue weighted by Gasteiger charge is 2.30. The summed E-state index contributed by atoms with van der Waals surface area (Å²) in [5, 5.41) is 10.7. The molecule has 0 aromatic rings. The first kappa shape index (κ1) is 101. The van der Waals surface area contributed by atoms with Crippen molar-refractivity contribution in [1.82, 2.24) is 0 Å². The smallest absolute Gasteiger partial charge is 0.462 e. The van der Waals surface area contributed by atoms with Crippen LogP contribution < -0.4 is 0 Å². The minimum Gasteiger partial charge on any atom is -0.462 e. The average molecular weight is 1520 g/mol. The standard InChI is InChI=1S/C87H144O17P2/c1-5-9-13-17-21-25-29-33-36-38-40-42-45-48-51-55-59-63-67-71-84(89)97-77-82(103-86(91)73-69-65-61-57-53-47-32-28-24-20-16-12-8-4)79-101-105(93,94)99-75-81(88)76-100-106(95,96)102-80-83(104-87(92)74-70-66-62-58-54-50-44-35-31-27-23-19-15-11-7-3)78-98-85(90)72-68-64-60-56-52-49-46-43-41-39-37-34-30-26-22-18-14-10-6-2/h9-11,13-15,21-23,25-27,33-37,40-44,48-49,51-52,81-83,88H,5-8,12,16-20,24,28-32,38-39,45-47,50,53-80H2,1-4H3,(H,93,94)(H,95,96)/b13-9-,14-10-,15-11-,25-21-,26-22-,27-23-,36-33-,37-34-,42-40-,43-41-,44-35-,51-48-,52-49-. The lowest BCUT2D eigenvalue weighted by molar-refractivity contribution is -0.161. The van der Waals surface area contributed by atoms with Crippen LogP contribution in [0.15, 0.2) is 158 Å². The summed E-state index contributed by atoms with van der Waals surface area (Å²) >= 11 is 0. The number of phosphoric acid groups is 2. The Labute approximate surface area is 642 Å². The maximum atomic E-state index is 13.1. The van der Waals surface area contributed by atoms with Crippen LogP contribution in [0.2, 0.25) is 0 Å². The summed E-state index contributed by atoms with van der Waals surface area (Å²) in [6, 6.07) is 0. The minimum atomic E-state index is -5.00. The Balaban J connectivity index is 5.43. The van der Waals surface area contributed by atoms with Crippen LogP contribution in [0.25, 0.3) is 0 Å². The van der Waals surface area contributed by atoms with Gasteiger partial charge in [0.05, 0.1) is 26.4 Å². The number of hydrogen-bond acceptors (Lipinski definition) is 15. The summed E-state index contributed by atoms with van der Waals surface area (Å²) in [6.45, 7) is 4.45. The zero-order valence-electron chi connectivity index (χ0n) is 66.1. The molecule has 5 unspecified atom stereocenters. The number of carbonyl (C=O) groups is 4. The Bertz CT molecular complexity index is 2630. The van der Waals surface area contributed by atoms with Gasteiger partial charge in [0.25, 0.3) is 0 Å². The lowest BCUT2D eigenvalue weighted by Crippen LogP contribution is -2.30.